The third-order valence-electron chi connectivity index (χ3n) is 3.73. The summed E-state index contributed by atoms with van der Waals surface area (Å²) in [7, 11) is 1.75. The number of hydrogen-bond donors (Lipinski definition) is 1. The van der Waals surface area contributed by atoms with Gasteiger partial charge in [-0.05, 0) is 18.8 Å². The van der Waals surface area contributed by atoms with Gasteiger partial charge in [-0.25, -0.2) is 0 Å². The van der Waals surface area contributed by atoms with Gasteiger partial charge in [0.1, 0.15) is 0 Å². The highest BCUT2D eigenvalue weighted by atomic mass is 16.5. The monoisotopic (exact) mass is 243 g/mol. The highest BCUT2D eigenvalue weighted by Gasteiger charge is 2.35. The largest absolute Gasteiger partial charge is 0.383 e. The van der Waals surface area contributed by atoms with Crippen LogP contribution in [0.2, 0.25) is 0 Å². The van der Waals surface area contributed by atoms with Crippen molar-refractivity contribution in [2.75, 3.05) is 40.0 Å². The third kappa shape index (κ3) is 5.36. The second kappa shape index (κ2) is 8.06. The molecule has 1 heterocycles. The predicted octanol–water partition coefficient (Wildman–Crippen LogP) is 2.46. The Labute approximate surface area is 106 Å². The van der Waals surface area contributed by atoms with Crippen LogP contribution < -0.4 is 5.32 Å². The van der Waals surface area contributed by atoms with Gasteiger partial charge in [0.2, 0.25) is 0 Å². The third-order valence-corrected chi connectivity index (χ3v) is 3.73. The molecule has 1 aliphatic heterocycles. The molecular weight excluding hydrogens is 214 g/mol. The van der Waals surface area contributed by atoms with E-state index in [1.807, 2.05) is 0 Å². The van der Waals surface area contributed by atoms with Gasteiger partial charge in [0.15, 0.2) is 0 Å². The Hall–Kier alpha value is -0.120. The minimum atomic E-state index is 0.377. The standard InChI is InChI=1S/C14H29NO2/c1-4-5-13(2)10-14(6-8-17-12-14)11-15-7-9-16-3/h13,15H,4-12H2,1-3H3. The average molecular weight is 243 g/mol. The first-order valence-electron chi connectivity index (χ1n) is 7.00. The van der Waals surface area contributed by atoms with Crippen LogP contribution >= 0.6 is 0 Å². The SMILES string of the molecule is CCCC(C)CC1(CNCCOC)CCOC1. The van der Waals surface area contributed by atoms with Crippen LogP contribution in [0.4, 0.5) is 0 Å². The summed E-state index contributed by atoms with van der Waals surface area (Å²) in [5, 5.41) is 3.51. The molecule has 0 aromatic heterocycles. The molecule has 0 spiro atoms. The maximum atomic E-state index is 5.63. The molecule has 0 aromatic rings. The summed E-state index contributed by atoms with van der Waals surface area (Å²) >= 11 is 0. The van der Waals surface area contributed by atoms with Crippen LogP contribution in [0.3, 0.4) is 0 Å². The summed E-state index contributed by atoms with van der Waals surface area (Å²) in [5.74, 6) is 0.811. The number of nitrogens with one attached hydrogen (secondary N) is 1. The van der Waals surface area contributed by atoms with E-state index in [2.05, 4.69) is 19.2 Å². The van der Waals surface area contributed by atoms with E-state index in [-0.39, 0.29) is 0 Å². The second-order valence-electron chi connectivity index (χ2n) is 5.57. The molecule has 1 aliphatic rings. The molecule has 1 N–H and O–H groups in total. The van der Waals surface area contributed by atoms with Gasteiger partial charge in [0.05, 0.1) is 13.2 Å². The van der Waals surface area contributed by atoms with Crippen LogP contribution in [-0.2, 0) is 9.47 Å². The van der Waals surface area contributed by atoms with E-state index in [1.54, 1.807) is 7.11 Å². The molecule has 0 aliphatic carbocycles. The minimum absolute atomic E-state index is 0.377. The fourth-order valence-corrected chi connectivity index (χ4v) is 2.88. The first kappa shape index (κ1) is 14.9. The molecular formula is C14H29NO2. The van der Waals surface area contributed by atoms with E-state index in [9.17, 15) is 0 Å². The van der Waals surface area contributed by atoms with Gasteiger partial charge in [-0.3, -0.25) is 0 Å². The molecule has 3 nitrogen and oxygen atoms in total. The molecule has 0 saturated carbocycles. The van der Waals surface area contributed by atoms with Gasteiger partial charge >= 0.3 is 0 Å². The van der Waals surface area contributed by atoms with E-state index < -0.39 is 0 Å². The van der Waals surface area contributed by atoms with Crippen LogP contribution in [-0.4, -0.2) is 40.0 Å². The zero-order chi connectivity index (χ0) is 12.6. The van der Waals surface area contributed by atoms with Crippen molar-refractivity contribution in [2.45, 2.75) is 39.5 Å². The van der Waals surface area contributed by atoms with E-state index in [0.29, 0.717) is 5.41 Å². The van der Waals surface area contributed by atoms with Gasteiger partial charge in [-0.2, -0.15) is 0 Å². The van der Waals surface area contributed by atoms with Crippen molar-refractivity contribution in [3.63, 3.8) is 0 Å². The normalized spacial score (nSPS) is 26.3. The van der Waals surface area contributed by atoms with Crippen LogP contribution in [0.25, 0.3) is 0 Å². The Kier molecular flexibility index (Phi) is 7.09. The van der Waals surface area contributed by atoms with Crippen molar-refractivity contribution in [3.05, 3.63) is 0 Å². The van der Waals surface area contributed by atoms with Crippen molar-refractivity contribution < 1.29 is 9.47 Å². The summed E-state index contributed by atoms with van der Waals surface area (Å²) in [6, 6.07) is 0. The molecule has 0 aromatic carbocycles. The molecule has 2 atom stereocenters. The zero-order valence-corrected chi connectivity index (χ0v) is 11.8. The van der Waals surface area contributed by atoms with Crippen LogP contribution in [0.15, 0.2) is 0 Å². The van der Waals surface area contributed by atoms with Crippen molar-refractivity contribution in [2.24, 2.45) is 11.3 Å². The average Bonchev–Trinajstić information content (AvgIpc) is 2.74. The lowest BCUT2D eigenvalue weighted by molar-refractivity contribution is 0.127. The fraction of sp³-hybridized carbons (Fsp3) is 1.00. The van der Waals surface area contributed by atoms with Crippen molar-refractivity contribution in [1.29, 1.82) is 0 Å². The Morgan fingerprint density at radius 3 is 2.88 bits per heavy atom. The summed E-state index contributed by atoms with van der Waals surface area (Å²) in [5.41, 5.74) is 0.377. The molecule has 0 amide bonds. The predicted molar refractivity (Wildman–Crippen MR) is 71.3 cm³/mol. The van der Waals surface area contributed by atoms with E-state index in [1.165, 1.54) is 25.7 Å². The number of hydrogen-bond acceptors (Lipinski definition) is 3. The molecule has 0 bridgehead atoms. The molecule has 3 heteroatoms. The maximum Gasteiger partial charge on any atom is 0.0587 e. The smallest absolute Gasteiger partial charge is 0.0587 e. The summed E-state index contributed by atoms with van der Waals surface area (Å²) in [6.45, 7) is 9.32. The van der Waals surface area contributed by atoms with E-state index in [0.717, 1.165) is 38.8 Å². The Morgan fingerprint density at radius 2 is 2.29 bits per heavy atom. The van der Waals surface area contributed by atoms with Crippen LogP contribution in [0, 0.1) is 11.3 Å². The summed E-state index contributed by atoms with van der Waals surface area (Å²) < 4.78 is 10.7. The summed E-state index contributed by atoms with van der Waals surface area (Å²) in [6.07, 6.45) is 5.12. The van der Waals surface area contributed by atoms with E-state index >= 15 is 0 Å². The fourth-order valence-electron chi connectivity index (χ4n) is 2.88. The second-order valence-corrected chi connectivity index (χ2v) is 5.57. The van der Waals surface area contributed by atoms with Gasteiger partial charge in [0.25, 0.3) is 0 Å². The highest BCUT2D eigenvalue weighted by molar-refractivity contribution is 4.86. The maximum absolute atomic E-state index is 5.63. The quantitative estimate of drug-likeness (QED) is 0.631. The van der Waals surface area contributed by atoms with E-state index in [4.69, 9.17) is 9.47 Å². The molecule has 17 heavy (non-hydrogen) atoms. The molecule has 102 valence electrons. The number of rotatable bonds is 9. The Bertz CT molecular complexity index is 191. The minimum Gasteiger partial charge on any atom is -0.383 e. The number of ether oxygens (including phenoxy) is 2. The van der Waals surface area contributed by atoms with Crippen molar-refractivity contribution in [1.82, 2.24) is 5.32 Å². The molecule has 0 radical (unpaired) electrons. The van der Waals surface area contributed by atoms with Crippen molar-refractivity contribution in [3.8, 4) is 0 Å². The van der Waals surface area contributed by atoms with Gasteiger partial charge in [0, 0.05) is 32.2 Å². The molecule has 1 rings (SSSR count). The number of methoxy groups -OCH3 is 1. The van der Waals surface area contributed by atoms with Gasteiger partial charge < -0.3 is 14.8 Å². The van der Waals surface area contributed by atoms with Crippen molar-refractivity contribution >= 4 is 0 Å². The lowest BCUT2D eigenvalue weighted by Gasteiger charge is -2.30. The highest BCUT2D eigenvalue weighted by Crippen LogP contribution is 2.36. The first-order valence-corrected chi connectivity index (χ1v) is 7.00. The molecule has 1 saturated heterocycles. The molecule has 1 fully saturated rings. The lowest BCUT2D eigenvalue weighted by atomic mass is 9.78. The Morgan fingerprint density at radius 1 is 1.47 bits per heavy atom. The molecule has 2 unspecified atom stereocenters. The zero-order valence-electron chi connectivity index (χ0n) is 11.8. The lowest BCUT2D eigenvalue weighted by Crippen LogP contribution is -2.37. The van der Waals surface area contributed by atoms with Crippen LogP contribution in [0.1, 0.15) is 39.5 Å². The topological polar surface area (TPSA) is 30.5 Å². The van der Waals surface area contributed by atoms with Crippen LogP contribution in [0.5, 0.6) is 0 Å². The Balaban J connectivity index is 2.33. The summed E-state index contributed by atoms with van der Waals surface area (Å²) in [4.78, 5) is 0. The van der Waals surface area contributed by atoms with Gasteiger partial charge in [-0.15, -0.1) is 0 Å². The van der Waals surface area contributed by atoms with Gasteiger partial charge in [-0.1, -0.05) is 26.7 Å². The first-order chi connectivity index (χ1) is 8.22.